The van der Waals surface area contributed by atoms with Crippen LogP contribution < -0.4 is 15.2 Å². The first kappa shape index (κ1) is 29.6. The predicted octanol–water partition coefficient (Wildman–Crippen LogP) is 3.80. The third-order valence-electron chi connectivity index (χ3n) is 8.20. The van der Waals surface area contributed by atoms with Gasteiger partial charge in [0.15, 0.2) is 11.4 Å². The third kappa shape index (κ3) is 5.35. The van der Waals surface area contributed by atoms with E-state index in [1.807, 2.05) is 12.1 Å². The fraction of sp³-hybridized carbons (Fsp3) is 0.344. The van der Waals surface area contributed by atoms with Crippen LogP contribution in [0.2, 0.25) is 5.02 Å². The average molecular weight is 592 g/mol. The van der Waals surface area contributed by atoms with Gasteiger partial charge in [0.05, 0.1) is 32.0 Å². The van der Waals surface area contributed by atoms with E-state index in [0.717, 1.165) is 18.4 Å². The first-order valence-corrected chi connectivity index (χ1v) is 14.3. The Labute approximate surface area is 249 Å². The molecule has 2 aromatic carbocycles. The average Bonchev–Trinajstić information content (AvgIpc) is 3.56. The molecule has 0 aliphatic carbocycles. The van der Waals surface area contributed by atoms with Crippen LogP contribution in [0.3, 0.4) is 0 Å². The molecule has 2 N–H and O–H groups in total. The minimum absolute atomic E-state index is 0.0598. The van der Waals surface area contributed by atoms with Crippen LogP contribution in [0.1, 0.15) is 37.3 Å². The van der Waals surface area contributed by atoms with E-state index in [-0.39, 0.29) is 42.8 Å². The summed E-state index contributed by atoms with van der Waals surface area (Å²) in [5.41, 5.74) is 0.241. The van der Waals surface area contributed by atoms with Crippen LogP contribution in [0.25, 0.3) is 5.69 Å². The molecule has 5 rings (SSSR count). The van der Waals surface area contributed by atoms with Crippen molar-refractivity contribution in [1.82, 2.24) is 9.47 Å². The summed E-state index contributed by atoms with van der Waals surface area (Å²) in [6.45, 7) is 2.49. The number of likely N-dealkylation sites (tertiary alicyclic amines) is 1. The Kier molecular flexibility index (Phi) is 8.54. The lowest BCUT2D eigenvalue weighted by Gasteiger charge is -2.28. The summed E-state index contributed by atoms with van der Waals surface area (Å²) in [6, 6.07) is 15.4. The highest BCUT2D eigenvalue weighted by Gasteiger charge is 2.52. The van der Waals surface area contributed by atoms with Gasteiger partial charge in [-0.25, -0.2) is 0 Å². The second-order valence-corrected chi connectivity index (χ2v) is 11.2. The number of methoxy groups -OCH3 is 1. The molecule has 10 heteroatoms. The Balaban J connectivity index is 1.36. The quantitative estimate of drug-likeness (QED) is 0.366. The van der Waals surface area contributed by atoms with Crippen LogP contribution in [-0.4, -0.2) is 57.8 Å². The summed E-state index contributed by atoms with van der Waals surface area (Å²) in [5, 5.41) is 21.8. The first-order valence-electron chi connectivity index (χ1n) is 13.9. The first-order chi connectivity index (χ1) is 20.2. The Bertz CT molecular complexity index is 1570. The van der Waals surface area contributed by atoms with Gasteiger partial charge in [-0.05, 0) is 60.9 Å². The number of nitrogens with zero attached hydrogens (tertiary/aromatic N) is 3. The van der Waals surface area contributed by atoms with Crippen LogP contribution >= 0.6 is 11.6 Å². The Morgan fingerprint density at radius 3 is 2.67 bits per heavy atom. The summed E-state index contributed by atoms with van der Waals surface area (Å²) in [4.78, 5) is 42.4. The number of hydrogen-bond donors (Lipinski definition) is 2. The van der Waals surface area contributed by atoms with Gasteiger partial charge in [-0.1, -0.05) is 42.8 Å². The Morgan fingerprint density at radius 2 is 1.95 bits per heavy atom. The molecule has 2 aliphatic rings. The number of halogens is 1. The maximum Gasteiger partial charge on any atom is 0.297 e. The number of rotatable bonds is 9. The molecule has 9 nitrogen and oxygen atoms in total. The van der Waals surface area contributed by atoms with E-state index < -0.39 is 17.4 Å². The van der Waals surface area contributed by atoms with Crippen LogP contribution in [-0.2, 0) is 21.7 Å². The molecule has 0 unspecified atom stereocenters. The van der Waals surface area contributed by atoms with Gasteiger partial charge < -0.3 is 24.7 Å². The van der Waals surface area contributed by atoms with E-state index in [1.165, 1.54) is 16.6 Å². The standard InChI is InChI=1S/C32H34ClN3O6/c1-21(6-3-9-29(38)34-16-4-7-25(34)20-37)32(41)26-18-23(33)12-15-27(26)36(31(32)40)19-22-10-13-24(14-11-22)35-17-5-8-28(42-2)30(35)39/h3,5-6,8,10-15,17-18,21,25,37,41H,4,7,9,16,19-20H2,1-2H3/b6-3+/t21-,25+,32+/m1/s1. The van der Waals surface area contributed by atoms with Gasteiger partial charge in [0, 0.05) is 41.4 Å². The van der Waals surface area contributed by atoms with Crippen molar-refractivity contribution in [2.75, 3.05) is 25.2 Å². The molecule has 1 saturated heterocycles. The largest absolute Gasteiger partial charge is 0.491 e. The molecule has 3 aromatic rings. The summed E-state index contributed by atoms with van der Waals surface area (Å²) in [6.07, 6.45) is 6.78. The number of amides is 2. The number of anilines is 1. The number of aliphatic hydroxyl groups is 2. The Morgan fingerprint density at radius 1 is 1.19 bits per heavy atom. The SMILES string of the molecule is COc1cccn(-c2ccc(CN3C(=O)[C@](O)([C@H](C)/C=C/CC(=O)N4CCC[C@H]4CO)c4cc(Cl)ccc43)cc2)c1=O. The molecule has 1 aromatic heterocycles. The zero-order valence-electron chi connectivity index (χ0n) is 23.6. The molecule has 1 fully saturated rings. The summed E-state index contributed by atoms with van der Waals surface area (Å²) in [7, 11) is 1.45. The number of aliphatic hydroxyl groups excluding tert-OH is 1. The van der Waals surface area contributed by atoms with Crippen molar-refractivity contribution in [1.29, 1.82) is 0 Å². The third-order valence-corrected chi connectivity index (χ3v) is 8.44. The topological polar surface area (TPSA) is 112 Å². The van der Waals surface area contributed by atoms with Gasteiger partial charge in [0.25, 0.3) is 11.5 Å². The molecular formula is C32H34ClN3O6. The number of hydrogen-bond acceptors (Lipinski definition) is 6. The van der Waals surface area contributed by atoms with Crippen molar-refractivity contribution < 1.29 is 24.5 Å². The van der Waals surface area contributed by atoms with Gasteiger partial charge in [-0.15, -0.1) is 0 Å². The summed E-state index contributed by atoms with van der Waals surface area (Å²) in [5.74, 6) is -1.01. The lowest BCUT2D eigenvalue weighted by atomic mass is 9.83. The van der Waals surface area contributed by atoms with Crippen molar-refractivity contribution in [3.63, 3.8) is 0 Å². The van der Waals surface area contributed by atoms with Crippen LogP contribution in [0.5, 0.6) is 5.75 Å². The van der Waals surface area contributed by atoms with E-state index in [2.05, 4.69) is 0 Å². The predicted molar refractivity (Wildman–Crippen MR) is 160 cm³/mol. The normalized spacial score (nSPS) is 20.8. The minimum atomic E-state index is -1.88. The number of benzene rings is 2. The van der Waals surface area contributed by atoms with Gasteiger partial charge >= 0.3 is 0 Å². The lowest BCUT2D eigenvalue weighted by molar-refractivity contribution is -0.139. The molecule has 220 valence electrons. The summed E-state index contributed by atoms with van der Waals surface area (Å²) < 4.78 is 6.61. The van der Waals surface area contributed by atoms with E-state index in [0.29, 0.717) is 28.5 Å². The fourth-order valence-electron chi connectivity index (χ4n) is 5.84. The molecular weight excluding hydrogens is 558 g/mol. The van der Waals surface area contributed by atoms with E-state index in [1.54, 1.807) is 72.6 Å². The van der Waals surface area contributed by atoms with Gasteiger partial charge in [-0.3, -0.25) is 19.0 Å². The van der Waals surface area contributed by atoms with E-state index >= 15 is 0 Å². The number of carbonyl (C=O) groups excluding carboxylic acids is 2. The second-order valence-electron chi connectivity index (χ2n) is 10.7. The van der Waals surface area contributed by atoms with Crippen LogP contribution in [0.4, 0.5) is 5.69 Å². The van der Waals surface area contributed by atoms with E-state index in [4.69, 9.17) is 16.3 Å². The minimum Gasteiger partial charge on any atom is -0.491 e. The van der Waals surface area contributed by atoms with E-state index in [9.17, 15) is 24.6 Å². The second kappa shape index (κ2) is 12.1. The molecule has 2 aliphatic heterocycles. The number of carbonyl (C=O) groups is 2. The zero-order chi connectivity index (χ0) is 30.0. The number of fused-ring (bicyclic) bond motifs is 1. The highest BCUT2D eigenvalue weighted by atomic mass is 35.5. The fourth-order valence-corrected chi connectivity index (χ4v) is 6.01. The molecule has 3 atom stereocenters. The molecule has 0 radical (unpaired) electrons. The molecule has 0 bridgehead atoms. The number of aromatic nitrogens is 1. The van der Waals surface area contributed by atoms with Gasteiger partial charge in [0.2, 0.25) is 5.91 Å². The van der Waals surface area contributed by atoms with Crippen LogP contribution in [0, 0.1) is 5.92 Å². The van der Waals surface area contributed by atoms with Crippen molar-refractivity contribution in [2.45, 2.75) is 44.4 Å². The van der Waals surface area contributed by atoms with Crippen molar-refractivity contribution in [3.8, 4) is 11.4 Å². The van der Waals surface area contributed by atoms with Crippen molar-refractivity contribution in [2.24, 2.45) is 5.92 Å². The van der Waals surface area contributed by atoms with Crippen molar-refractivity contribution in [3.05, 3.63) is 99.4 Å². The highest BCUT2D eigenvalue weighted by molar-refractivity contribution is 6.31. The Hall–Kier alpha value is -3.92. The molecule has 42 heavy (non-hydrogen) atoms. The molecule has 3 heterocycles. The smallest absolute Gasteiger partial charge is 0.297 e. The maximum atomic E-state index is 13.9. The van der Waals surface area contributed by atoms with Gasteiger partial charge in [-0.2, -0.15) is 0 Å². The maximum absolute atomic E-state index is 13.9. The van der Waals surface area contributed by atoms with Gasteiger partial charge in [0.1, 0.15) is 0 Å². The number of ether oxygens (including phenoxy) is 1. The lowest BCUT2D eigenvalue weighted by Crippen LogP contribution is -2.44. The summed E-state index contributed by atoms with van der Waals surface area (Å²) >= 11 is 6.30. The highest BCUT2D eigenvalue weighted by Crippen LogP contribution is 2.46. The zero-order valence-corrected chi connectivity index (χ0v) is 24.3. The van der Waals surface area contributed by atoms with Crippen molar-refractivity contribution >= 4 is 29.1 Å². The molecule has 2 amide bonds. The van der Waals surface area contributed by atoms with Crippen LogP contribution in [0.15, 0.2) is 77.7 Å². The monoisotopic (exact) mass is 591 g/mol. The molecule has 0 saturated carbocycles. The number of pyridine rings is 1. The molecule has 0 spiro atoms.